The van der Waals surface area contributed by atoms with Crippen molar-refractivity contribution in [1.82, 2.24) is 4.90 Å². The minimum Gasteiger partial charge on any atom is -0.478 e. The van der Waals surface area contributed by atoms with Crippen LogP contribution < -0.4 is 0 Å². The van der Waals surface area contributed by atoms with Crippen LogP contribution in [0.5, 0.6) is 0 Å². The summed E-state index contributed by atoms with van der Waals surface area (Å²) >= 11 is 0. The fourth-order valence-electron chi connectivity index (χ4n) is 3.26. The molecule has 1 aromatic rings. The largest absolute Gasteiger partial charge is 0.478 e. The summed E-state index contributed by atoms with van der Waals surface area (Å²) < 4.78 is 0. The number of benzene rings is 1. The Balaban J connectivity index is 1.94. The Morgan fingerprint density at radius 2 is 1.68 bits per heavy atom. The van der Waals surface area contributed by atoms with Crippen molar-refractivity contribution in [3.63, 3.8) is 0 Å². The minimum atomic E-state index is -1.20. The lowest BCUT2D eigenvalue weighted by atomic mass is 9.86. The van der Waals surface area contributed by atoms with Gasteiger partial charge in [-0.1, -0.05) is 45.0 Å². The van der Waals surface area contributed by atoms with Crippen LogP contribution in [0.3, 0.4) is 0 Å². The van der Waals surface area contributed by atoms with E-state index in [4.69, 9.17) is 5.11 Å². The van der Waals surface area contributed by atoms with Gasteiger partial charge in [0.15, 0.2) is 0 Å². The Hall–Kier alpha value is -2.14. The van der Waals surface area contributed by atoms with Gasteiger partial charge in [-0.2, -0.15) is 0 Å². The van der Waals surface area contributed by atoms with Gasteiger partial charge in [-0.15, -0.1) is 0 Å². The van der Waals surface area contributed by atoms with Crippen LogP contribution in [0.4, 0.5) is 0 Å². The Kier molecular flexibility index (Phi) is 6.01. The smallest absolute Gasteiger partial charge is 0.332 e. The maximum atomic E-state index is 11.3. The lowest BCUT2D eigenvalue weighted by Gasteiger charge is -2.32. The molecule has 0 aromatic heterocycles. The van der Waals surface area contributed by atoms with E-state index in [-0.39, 0.29) is 16.9 Å². The fourth-order valence-corrected chi connectivity index (χ4v) is 3.26. The zero-order valence-corrected chi connectivity index (χ0v) is 15.2. The number of likely N-dealkylation sites (tertiary alicyclic amines) is 1. The molecule has 0 spiro atoms. The van der Waals surface area contributed by atoms with E-state index in [1.165, 1.54) is 11.1 Å². The van der Waals surface area contributed by atoms with Crippen molar-refractivity contribution in [1.29, 1.82) is 0 Å². The third kappa shape index (κ3) is 5.43. The van der Waals surface area contributed by atoms with E-state index in [1.807, 2.05) is 0 Å². The van der Waals surface area contributed by atoms with Crippen LogP contribution in [0.15, 0.2) is 35.9 Å². The summed E-state index contributed by atoms with van der Waals surface area (Å²) in [4.78, 5) is 24.4. The average molecular weight is 345 g/mol. The number of nitrogens with zero attached hydrogens (tertiary/aromatic N) is 1. The third-order valence-electron chi connectivity index (χ3n) is 4.78. The van der Waals surface area contributed by atoms with Gasteiger partial charge in [0.05, 0.1) is 0 Å². The molecule has 2 N–H and O–H groups in total. The maximum absolute atomic E-state index is 11.3. The van der Waals surface area contributed by atoms with E-state index in [2.05, 4.69) is 49.9 Å². The second-order valence-electron chi connectivity index (χ2n) is 7.74. The molecule has 1 aromatic carbocycles. The molecule has 1 saturated heterocycles. The molecule has 1 aliphatic heterocycles. The molecule has 1 aliphatic rings. The summed E-state index contributed by atoms with van der Waals surface area (Å²) in [5, 5.41) is 18.1. The van der Waals surface area contributed by atoms with E-state index >= 15 is 0 Å². The van der Waals surface area contributed by atoms with Gasteiger partial charge in [-0.05, 0) is 48.4 Å². The predicted molar refractivity (Wildman–Crippen MR) is 96.5 cm³/mol. The maximum Gasteiger partial charge on any atom is 0.332 e. The first-order valence-electron chi connectivity index (χ1n) is 8.66. The molecule has 5 heteroatoms. The zero-order valence-electron chi connectivity index (χ0n) is 15.2. The van der Waals surface area contributed by atoms with Gasteiger partial charge in [0.25, 0.3) is 0 Å². The standard InChI is InChI=1S/C20H27NO4/c1-20(2,3)16-6-4-14(5-7-16)13-21-10-8-15(9-11-21)17(19(24)25)12-18(22)23/h4-7,12,15H,8-11,13H2,1-3H3,(H,22,23)(H,24,25)/b17-12+. The Morgan fingerprint density at radius 1 is 1.12 bits per heavy atom. The van der Waals surface area contributed by atoms with Crippen LogP contribution in [0.2, 0.25) is 0 Å². The van der Waals surface area contributed by atoms with Gasteiger partial charge >= 0.3 is 11.9 Å². The summed E-state index contributed by atoms with van der Waals surface area (Å²) in [7, 11) is 0. The number of rotatable bonds is 5. The number of aliphatic carboxylic acids is 2. The molecule has 25 heavy (non-hydrogen) atoms. The number of hydrogen-bond donors (Lipinski definition) is 2. The van der Waals surface area contributed by atoms with Crippen molar-refractivity contribution in [2.45, 2.75) is 45.6 Å². The van der Waals surface area contributed by atoms with Crippen molar-refractivity contribution < 1.29 is 19.8 Å². The highest BCUT2D eigenvalue weighted by atomic mass is 16.4. The van der Waals surface area contributed by atoms with E-state index in [9.17, 15) is 14.7 Å². The van der Waals surface area contributed by atoms with Crippen LogP contribution >= 0.6 is 0 Å². The van der Waals surface area contributed by atoms with Crippen molar-refractivity contribution in [3.8, 4) is 0 Å². The van der Waals surface area contributed by atoms with Crippen LogP contribution in [0.25, 0.3) is 0 Å². The normalized spacial score (nSPS) is 17.5. The van der Waals surface area contributed by atoms with Crippen molar-refractivity contribution in [2.24, 2.45) is 5.92 Å². The molecular weight excluding hydrogens is 318 g/mol. The molecule has 1 fully saturated rings. The molecule has 2 rings (SSSR count). The van der Waals surface area contributed by atoms with E-state index in [0.29, 0.717) is 12.8 Å². The van der Waals surface area contributed by atoms with Gasteiger partial charge in [-0.25, -0.2) is 9.59 Å². The summed E-state index contributed by atoms with van der Waals surface area (Å²) in [6.45, 7) is 8.96. The molecule has 0 saturated carbocycles. The molecular formula is C20H27NO4. The van der Waals surface area contributed by atoms with Gasteiger partial charge in [-0.3, -0.25) is 4.90 Å². The lowest BCUT2D eigenvalue weighted by Crippen LogP contribution is -2.35. The Bertz CT molecular complexity index is 647. The SMILES string of the molecule is CC(C)(C)c1ccc(CN2CCC(/C(=C\C(=O)O)C(=O)O)CC2)cc1. The molecule has 0 unspecified atom stereocenters. The third-order valence-corrected chi connectivity index (χ3v) is 4.78. The van der Waals surface area contributed by atoms with Crippen LogP contribution in [-0.2, 0) is 21.5 Å². The molecule has 1 heterocycles. The van der Waals surface area contributed by atoms with Gasteiger partial charge in [0.2, 0.25) is 0 Å². The molecule has 0 bridgehead atoms. The first-order chi connectivity index (χ1) is 11.7. The predicted octanol–water partition coefficient (Wildman–Crippen LogP) is 3.29. The number of carboxylic acids is 2. The molecule has 5 nitrogen and oxygen atoms in total. The summed E-state index contributed by atoms with van der Waals surface area (Å²) in [6, 6.07) is 8.64. The number of hydrogen-bond acceptors (Lipinski definition) is 3. The quantitative estimate of drug-likeness (QED) is 0.801. The Labute approximate surface area is 149 Å². The first kappa shape index (κ1) is 19.2. The highest BCUT2D eigenvalue weighted by Gasteiger charge is 2.26. The number of piperidine rings is 1. The molecule has 0 aliphatic carbocycles. The second-order valence-corrected chi connectivity index (χ2v) is 7.74. The summed E-state index contributed by atoms with van der Waals surface area (Å²) in [5.74, 6) is -2.51. The van der Waals surface area contributed by atoms with Crippen molar-refractivity contribution >= 4 is 11.9 Å². The average Bonchev–Trinajstić information content (AvgIpc) is 2.53. The van der Waals surface area contributed by atoms with Crippen LogP contribution in [0, 0.1) is 5.92 Å². The van der Waals surface area contributed by atoms with Gasteiger partial charge in [0, 0.05) is 18.2 Å². The van der Waals surface area contributed by atoms with E-state index in [1.54, 1.807) is 0 Å². The fraction of sp³-hybridized carbons (Fsp3) is 0.500. The zero-order chi connectivity index (χ0) is 18.6. The number of carbonyl (C=O) groups is 2. The highest BCUT2D eigenvalue weighted by molar-refractivity contribution is 5.95. The molecule has 0 amide bonds. The Morgan fingerprint density at radius 3 is 2.12 bits per heavy atom. The van der Waals surface area contributed by atoms with E-state index < -0.39 is 11.9 Å². The van der Waals surface area contributed by atoms with E-state index in [0.717, 1.165) is 25.7 Å². The topological polar surface area (TPSA) is 77.8 Å². The summed E-state index contributed by atoms with van der Waals surface area (Å²) in [6.07, 6.45) is 2.19. The summed E-state index contributed by atoms with van der Waals surface area (Å²) in [5.41, 5.74) is 2.70. The second kappa shape index (κ2) is 7.83. The van der Waals surface area contributed by atoms with Gasteiger partial charge in [0.1, 0.15) is 0 Å². The first-order valence-corrected chi connectivity index (χ1v) is 8.66. The lowest BCUT2D eigenvalue weighted by molar-refractivity contribution is -0.135. The molecule has 0 atom stereocenters. The van der Waals surface area contributed by atoms with Crippen LogP contribution in [0.1, 0.15) is 44.7 Å². The van der Waals surface area contributed by atoms with Crippen molar-refractivity contribution in [2.75, 3.05) is 13.1 Å². The van der Waals surface area contributed by atoms with Crippen LogP contribution in [-0.4, -0.2) is 40.1 Å². The monoisotopic (exact) mass is 345 g/mol. The van der Waals surface area contributed by atoms with Gasteiger partial charge < -0.3 is 10.2 Å². The number of carboxylic acid groups (broad SMARTS) is 2. The van der Waals surface area contributed by atoms with Crippen molar-refractivity contribution in [3.05, 3.63) is 47.0 Å². The molecule has 0 radical (unpaired) electrons. The minimum absolute atomic E-state index is 0.0154. The highest BCUT2D eigenvalue weighted by Crippen LogP contribution is 2.27. The molecule has 136 valence electrons.